The van der Waals surface area contributed by atoms with Crippen LogP contribution in [0.1, 0.15) is 19.8 Å². The van der Waals surface area contributed by atoms with Crippen molar-refractivity contribution in [2.24, 2.45) is 0 Å². The van der Waals surface area contributed by atoms with Gasteiger partial charge < -0.3 is 25.6 Å². The Kier molecular flexibility index (Phi) is 6.39. The Morgan fingerprint density at radius 2 is 2.19 bits per heavy atom. The van der Waals surface area contributed by atoms with E-state index < -0.39 is 17.4 Å². The Morgan fingerprint density at radius 3 is 2.76 bits per heavy atom. The molecule has 0 spiro atoms. The number of aliphatic hydroxyl groups excluding tert-OH is 1. The summed E-state index contributed by atoms with van der Waals surface area (Å²) in [6, 6.07) is 3.45. The Hall–Kier alpha value is -1.86. The summed E-state index contributed by atoms with van der Waals surface area (Å²) in [5, 5.41) is 23.5. The van der Waals surface area contributed by atoms with Gasteiger partial charge in [-0.3, -0.25) is 0 Å². The standard InChI is InChI=1S/C14H21FN2O4/c1-14(20,6-3-7-18)9-16-13(19)17-12-5-4-10(21-2)8-11(12)15/h4-5,8,18,20H,3,6-7,9H2,1-2H3,(H2,16,17,19)/t14-/m0/s1. The molecule has 2 amide bonds. The number of ether oxygens (including phenoxy) is 1. The van der Waals surface area contributed by atoms with Gasteiger partial charge in [-0.15, -0.1) is 0 Å². The van der Waals surface area contributed by atoms with Crippen LogP contribution in [-0.4, -0.2) is 42.1 Å². The normalized spacial score (nSPS) is 13.4. The molecule has 0 bridgehead atoms. The van der Waals surface area contributed by atoms with E-state index in [0.29, 0.717) is 18.6 Å². The van der Waals surface area contributed by atoms with Gasteiger partial charge in [-0.2, -0.15) is 0 Å². The number of anilines is 1. The lowest BCUT2D eigenvalue weighted by molar-refractivity contribution is 0.0464. The number of hydrogen-bond donors (Lipinski definition) is 4. The van der Waals surface area contributed by atoms with Crippen molar-refractivity contribution in [2.75, 3.05) is 25.6 Å². The molecule has 0 aliphatic rings. The molecule has 0 heterocycles. The summed E-state index contributed by atoms with van der Waals surface area (Å²) < 4.78 is 18.5. The first kappa shape index (κ1) is 17.2. The molecule has 0 saturated heterocycles. The van der Waals surface area contributed by atoms with Crippen molar-refractivity contribution >= 4 is 11.7 Å². The molecule has 0 saturated carbocycles. The van der Waals surface area contributed by atoms with E-state index in [2.05, 4.69) is 10.6 Å². The Morgan fingerprint density at radius 1 is 1.48 bits per heavy atom. The molecule has 6 nitrogen and oxygen atoms in total. The predicted octanol–water partition coefficient (Wildman–Crippen LogP) is 1.48. The minimum absolute atomic E-state index is 0.00337. The lowest BCUT2D eigenvalue weighted by Gasteiger charge is -2.23. The van der Waals surface area contributed by atoms with Gasteiger partial charge in [0, 0.05) is 19.2 Å². The van der Waals surface area contributed by atoms with E-state index in [9.17, 15) is 14.3 Å². The molecule has 0 aliphatic carbocycles. The maximum atomic E-state index is 13.6. The summed E-state index contributed by atoms with van der Waals surface area (Å²) in [5.74, 6) is -0.262. The van der Waals surface area contributed by atoms with Gasteiger partial charge in [-0.05, 0) is 31.9 Å². The molecule has 0 aromatic heterocycles. The van der Waals surface area contributed by atoms with Crippen molar-refractivity contribution in [3.63, 3.8) is 0 Å². The number of carbonyl (C=O) groups excluding carboxylic acids is 1. The van der Waals surface area contributed by atoms with Crippen LogP contribution < -0.4 is 15.4 Å². The van der Waals surface area contributed by atoms with Crippen LogP contribution in [0.15, 0.2) is 18.2 Å². The summed E-state index contributed by atoms with van der Waals surface area (Å²) in [7, 11) is 1.42. The average molecular weight is 300 g/mol. The zero-order valence-electron chi connectivity index (χ0n) is 12.1. The fourth-order valence-corrected chi connectivity index (χ4v) is 1.71. The molecular weight excluding hydrogens is 279 g/mol. The molecule has 4 N–H and O–H groups in total. The largest absolute Gasteiger partial charge is 0.497 e. The number of carbonyl (C=O) groups is 1. The van der Waals surface area contributed by atoms with Crippen molar-refractivity contribution in [1.29, 1.82) is 0 Å². The van der Waals surface area contributed by atoms with Crippen molar-refractivity contribution < 1.29 is 24.1 Å². The fourth-order valence-electron chi connectivity index (χ4n) is 1.71. The van der Waals surface area contributed by atoms with E-state index in [0.717, 1.165) is 6.07 Å². The number of nitrogens with one attached hydrogen (secondary N) is 2. The van der Waals surface area contributed by atoms with Gasteiger partial charge in [-0.25, -0.2) is 9.18 Å². The number of rotatable bonds is 7. The predicted molar refractivity (Wildman–Crippen MR) is 76.9 cm³/mol. The number of halogens is 1. The van der Waals surface area contributed by atoms with Gasteiger partial charge in [0.25, 0.3) is 0 Å². The van der Waals surface area contributed by atoms with Crippen molar-refractivity contribution in [3.8, 4) is 5.75 Å². The van der Waals surface area contributed by atoms with Crippen molar-refractivity contribution in [1.82, 2.24) is 5.32 Å². The van der Waals surface area contributed by atoms with Crippen LogP contribution in [0.4, 0.5) is 14.9 Å². The SMILES string of the molecule is COc1ccc(NC(=O)NC[C@@](C)(O)CCCO)c(F)c1. The molecule has 21 heavy (non-hydrogen) atoms. The molecule has 1 aromatic carbocycles. The van der Waals surface area contributed by atoms with Gasteiger partial charge in [0.2, 0.25) is 0 Å². The molecule has 1 aromatic rings. The zero-order valence-corrected chi connectivity index (χ0v) is 12.1. The number of methoxy groups -OCH3 is 1. The number of aliphatic hydroxyl groups is 2. The molecule has 7 heteroatoms. The minimum atomic E-state index is -1.13. The molecule has 1 rings (SSSR count). The summed E-state index contributed by atoms with van der Waals surface area (Å²) >= 11 is 0. The highest BCUT2D eigenvalue weighted by molar-refractivity contribution is 5.89. The van der Waals surface area contributed by atoms with Crippen LogP contribution in [0.5, 0.6) is 5.75 Å². The highest BCUT2D eigenvalue weighted by Crippen LogP contribution is 2.20. The first-order chi connectivity index (χ1) is 9.88. The molecule has 0 fully saturated rings. The summed E-state index contributed by atoms with van der Waals surface area (Å²) in [6.45, 7) is 1.52. The van der Waals surface area contributed by atoms with Crippen LogP contribution in [0.3, 0.4) is 0 Å². The third-order valence-electron chi connectivity index (χ3n) is 2.93. The van der Waals surface area contributed by atoms with Crippen LogP contribution in [-0.2, 0) is 0 Å². The zero-order chi connectivity index (χ0) is 15.9. The van der Waals surface area contributed by atoms with E-state index in [4.69, 9.17) is 9.84 Å². The van der Waals surface area contributed by atoms with Crippen LogP contribution in [0, 0.1) is 5.82 Å². The lowest BCUT2D eigenvalue weighted by atomic mass is 10.0. The summed E-state index contributed by atoms with van der Waals surface area (Å²) in [6.07, 6.45) is 0.782. The highest BCUT2D eigenvalue weighted by atomic mass is 19.1. The third-order valence-corrected chi connectivity index (χ3v) is 2.93. The molecule has 1 atom stereocenters. The van der Waals surface area contributed by atoms with E-state index in [1.165, 1.54) is 19.2 Å². The molecule has 0 aliphatic heterocycles. The maximum absolute atomic E-state index is 13.6. The van der Waals surface area contributed by atoms with Crippen molar-refractivity contribution in [3.05, 3.63) is 24.0 Å². The smallest absolute Gasteiger partial charge is 0.319 e. The highest BCUT2D eigenvalue weighted by Gasteiger charge is 2.20. The van der Waals surface area contributed by atoms with Crippen molar-refractivity contribution in [2.45, 2.75) is 25.4 Å². The second kappa shape index (κ2) is 7.80. The number of benzene rings is 1. The molecule has 118 valence electrons. The second-order valence-electron chi connectivity index (χ2n) is 4.98. The van der Waals surface area contributed by atoms with Crippen LogP contribution in [0.2, 0.25) is 0 Å². The van der Waals surface area contributed by atoms with Gasteiger partial charge in [-0.1, -0.05) is 0 Å². The Bertz CT molecular complexity index is 480. The van der Waals surface area contributed by atoms with E-state index in [-0.39, 0.29) is 18.8 Å². The average Bonchev–Trinajstić information content (AvgIpc) is 2.45. The number of amides is 2. The monoisotopic (exact) mass is 300 g/mol. The van der Waals surface area contributed by atoms with E-state index in [1.807, 2.05) is 0 Å². The van der Waals surface area contributed by atoms with Crippen LogP contribution >= 0.6 is 0 Å². The summed E-state index contributed by atoms with van der Waals surface area (Å²) in [5.41, 5.74) is -1.11. The number of hydrogen-bond acceptors (Lipinski definition) is 4. The third kappa shape index (κ3) is 5.97. The van der Waals surface area contributed by atoms with Gasteiger partial charge in [0.15, 0.2) is 0 Å². The quantitative estimate of drug-likeness (QED) is 0.614. The Labute approximate surface area is 122 Å². The molecule has 0 unspecified atom stereocenters. The second-order valence-corrected chi connectivity index (χ2v) is 4.98. The first-order valence-corrected chi connectivity index (χ1v) is 6.59. The number of urea groups is 1. The van der Waals surface area contributed by atoms with Gasteiger partial charge in [0.05, 0.1) is 18.4 Å². The Balaban J connectivity index is 2.50. The fraction of sp³-hybridized carbons (Fsp3) is 0.500. The minimum Gasteiger partial charge on any atom is -0.497 e. The topological polar surface area (TPSA) is 90.8 Å². The van der Waals surface area contributed by atoms with Gasteiger partial charge in [0.1, 0.15) is 11.6 Å². The molecule has 0 radical (unpaired) electrons. The molecular formula is C14H21FN2O4. The lowest BCUT2D eigenvalue weighted by Crippen LogP contribution is -2.42. The maximum Gasteiger partial charge on any atom is 0.319 e. The van der Waals surface area contributed by atoms with E-state index >= 15 is 0 Å². The van der Waals surface area contributed by atoms with Crippen LogP contribution in [0.25, 0.3) is 0 Å². The first-order valence-electron chi connectivity index (χ1n) is 6.59. The van der Waals surface area contributed by atoms with E-state index in [1.54, 1.807) is 6.92 Å². The van der Waals surface area contributed by atoms with Gasteiger partial charge >= 0.3 is 6.03 Å². The summed E-state index contributed by atoms with van der Waals surface area (Å²) in [4.78, 5) is 11.7.